The molecule has 0 atom stereocenters. The van der Waals surface area contributed by atoms with Gasteiger partial charge in [-0.3, -0.25) is 0 Å². The van der Waals surface area contributed by atoms with Crippen LogP contribution in [0.4, 0.5) is 0 Å². The Hall–Kier alpha value is -1.01. The summed E-state index contributed by atoms with van der Waals surface area (Å²) in [5, 5.41) is 0.405. The lowest BCUT2D eigenvalue weighted by atomic mass is 10.2. The first-order valence-electron chi connectivity index (χ1n) is 5.90. The van der Waals surface area contributed by atoms with E-state index in [1.165, 1.54) is 17.8 Å². The van der Waals surface area contributed by atoms with Gasteiger partial charge in [-0.1, -0.05) is 41.9 Å². The van der Waals surface area contributed by atoms with Crippen LogP contribution in [0.1, 0.15) is 5.56 Å². The maximum atomic E-state index is 12.4. The molecule has 0 spiro atoms. The molecule has 0 aliphatic rings. The fraction of sp³-hybridized carbons (Fsp3) is 0.143. The van der Waals surface area contributed by atoms with E-state index in [1.807, 2.05) is 36.6 Å². The molecule has 20 heavy (non-hydrogen) atoms. The van der Waals surface area contributed by atoms with Crippen molar-refractivity contribution in [2.75, 3.05) is 6.26 Å². The van der Waals surface area contributed by atoms with E-state index in [2.05, 4.69) is 4.72 Å². The van der Waals surface area contributed by atoms with Crippen LogP contribution in [0.15, 0.2) is 58.3 Å². The smallest absolute Gasteiger partial charge is 0.207 e. The molecule has 1 N–H and O–H groups in total. The van der Waals surface area contributed by atoms with Gasteiger partial charge in [-0.2, -0.15) is 0 Å². The van der Waals surface area contributed by atoms with Gasteiger partial charge in [-0.05, 0) is 30.0 Å². The summed E-state index contributed by atoms with van der Waals surface area (Å²) in [7, 11) is -3.58. The molecule has 0 bridgehead atoms. The van der Waals surface area contributed by atoms with Crippen LogP contribution in [0.3, 0.4) is 0 Å². The van der Waals surface area contributed by atoms with Crippen molar-refractivity contribution in [3.05, 3.63) is 59.1 Å². The first-order valence-corrected chi connectivity index (χ1v) is 8.98. The third kappa shape index (κ3) is 3.76. The summed E-state index contributed by atoms with van der Waals surface area (Å²) in [5.74, 6) is 0. The van der Waals surface area contributed by atoms with Crippen LogP contribution in [0.25, 0.3) is 0 Å². The van der Waals surface area contributed by atoms with Crippen molar-refractivity contribution in [2.24, 2.45) is 0 Å². The van der Waals surface area contributed by atoms with Gasteiger partial charge < -0.3 is 0 Å². The number of hydrogen-bond acceptors (Lipinski definition) is 3. The number of hydrogen-bond donors (Lipinski definition) is 1. The Balaban J connectivity index is 2.24. The molecule has 0 heterocycles. The number of nitrogens with one attached hydrogen (secondary N) is 1. The van der Waals surface area contributed by atoms with Crippen molar-refractivity contribution in [1.82, 2.24) is 4.72 Å². The molecule has 0 radical (unpaired) electrons. The molecule has 0 aliphatic carbocycles. The van der Waals surface area contributed by atoms with Crippen LogP contribution < -0.4 is 4.72 Å². The first-order chi connectivity index (χ1) is 9.53. The van der Waals surface area contributed by atoms with E-state index in [9.17, 15) is 8.42 Å². The van der Waals surface area contributed by atoms with Gasteiger partial charge in [0.2, 0.25) is 10.0 Å². The Morgan fingerprint density at radius 2 is 1.85 bits per heavy atom. The molecule has 0 unspecified atom stereocenters. The van der Waals surface area contributed by atoms with E-state index >= 15 is 0 Å². The second-order valence-corrected chi connectivity index (χ2v) is 7.13. The lowest BCUT2D eigenvalue weighted by Crippen LogP contribution is -2.23. The van der Waals surface area contributed by atoms with Crippen LogP contribution in [0.5, 0.6) is 0 Å². The molecule has 0 fully saturated rings. The zero-order chi connectivity index (χ0) is 14.6. The molecule has 0 saturated carbocycles. The Bertz CT molecular complexity index is 688. The predicted octanol–water partition coefficient (Wildman–Crippen LogP) is 3.54. The quantitative estimate of drug-likeness (QED) is 0.854. The van der Waals surface area contributed by atoms with Crippen LogP contribution in [-0.2, 0) is 16.6 Å². The molecule has 3 nitrogen and oxygen atoms in total. The maximum absolute atomic E-state index is 12.4. The topological polar surface area (TPSA) is 46.2 Å². The van der Waals surface area contributed by atoms with Crippen LogP contribution in [-0.4, -0.2) is 14.7 Å². The Morgan fingerprint density at radius 1 is 1.15 bits per heavy atom. The molecular weight excluding hydrogens is 314 g/mol. The highest BCUT2D eigenvalue weighted by Crippen LogP contribution is 2.27. The lowest BCUT2D eigenvalue weighted by molar-refractivity contribution is 0.579. The zero-order valence-corrected chi connectivity index (χ0v) is 13.2. The highest BCUT2D eigenvalue weighted by atomic mass is 35.5. The minimum atomic E-state index is -3.58. The molecule has 0 aliphatic heterocycles. The summed E-state index contributed by atoms with van der Waals surface area (Å²) in [6.45, 7) is 0.253. The fourth-order valence-electron chi connectivity index (χ4n) is 1.71. The highest BCUT2D eigenvalue weighted by Gasteiger charge is 2.18. The summed E-state index contributed by atoms with van der Waals surface area (Å²) < 4.78 is 27.3. The molecule has 2 aromatic rings. The second kappa shape index (κ2) is 6.63. The summed E-state index contributed by atoms with van der Waals surface area (Å²) in [6, 6.07) is 14.2. The molecule has 0 amide bonds. The van der Waals surface area contributed by atoms with Gasteiger partial charge in [0.1, 0.15) is 0 Å². The monoisotopic (exact) mass is 327 g/mol. The average Bonchev–Trinajstić information content (AvgIpc) is 2.46. The lowest BCUT2D eigenvalue weighted by Gasteiger charge is -2.10. The SMILES string of the molecule is CSc1ccc(Cl)cc1S(=O)(=O)NCc1ccccc1. The standard InChI is InChI=1S/C14H14ClNO2S2/c1-19-13-8-7-12(15)9-14(13)20(17,18)16-10-11-5-3-2-4-6-11/h2-9,16H,10H2,1H3. The number of rotatable bonds is 5. The van der Waals surface area contributed by atoms with Crippen molar-refractivity contribution in [1.29, 1.82) is 0 Å². The molecule has 2 aromatic carbocycles. The summed E-state index contributed by atoms with van der Waals surface area (Å²) >= 11 is 7.27. The number of sulfonamides is 1. The maximum Gasteiger partial charge on any atom is 0.242 e. The van der Waals surface area contributed by atoms with Crippen LogP contribution in [0, 0.1) is 0 Å². The van der Waals surface area contributed by atoms with Crippen molar-refractivity contribution < 1.29 is 8.42 Å². The normalized spacial score (nSPS) is 11.5. The third-order valence-electron chi connectivity index (χ3n) is 2.72. The first kappa shape index (κ1) is 15.4. The van der Waals surface area contributed by atoms with Crippen molar-refractivity contribution >= 4 is 33.4 Å². The van der Waals surface area contributed by atoms with Gasteiger partial charge >= 0.3 is 0 Å². The third-order valence-corrected chi connectivity index (χ3v) is 5.33. The van der Waals surface area contributed by atoms with Gasteiger partial charge in [0.05, 0.1) is 4.90 Å². The average molecular weight is 328 g/mol. The molecular formula is C14H14ClNO2S2. The highest BCUT2D eigenvalue weighted by molar-refractivity contribution is 7.99. The second-order valence-electron chi connectivity index (χ2n) is 4.11. The Kier molecular flexibility index (Phi) is 5.10. The molecule has 2 rings (SSSR count). The summed E-state index contributed by atoms with van der Waals surface area (Å²) in [4.78, 5) is 0.892. The Labute approximate surface area is 128 Å². The molecule has 6 heteroatoms. The largest absolute Gasteiger partial charge is 0.242 e. The van der Waals surface area contributed by atoms with E-state index in [0.717, 1.165) is 5.56 Å². The summed E-state index contributed by atoms with van der Waals surface area (Å²) in [5.41, 5.74) is 0.906. The number of halogens is 1. The molecule has 106 valence electrons. The van der Waals surface area contributed by atoms with E-state index < -0.39 is 10.0 Å². The van der Waals surface area contributed by atoms with E-state index in [-0.39, 0.29) is 11.4 Å². The molecule has 0 saturated heterocycles. The van der Waals surface area contributed by atoms with E-state index in [0.29, 0.717) is 9.92 Å². The minimum Gasteiger partial charge on any atom is -0.207 e. The van der Waals surface area contributed by atoms with Gasteiger partial charge in [0.15, 0.2) is 0 Å². The van der Waals surface area contributed by atoms with Crippen molar-refractivity contribution in [3.63, 3.8) is 0 Å². The molecule has 0 aromatic heterocycles. The van der Waals surface area contributed by atoms with Gasteiger partial charge in [0.25, 0.3) is 0 Å². The fourth-order valence-corrected chi connectivity index (χ4v) is 4.12. The van der Waals surface area contributed by atoms with Crippen molar-refractivity contribution in [3.8, 4) is 0 Å². The predicted molar refractivity (Wildman–Crippen MR) is 83.7 cm³/mol. The van der Waals surface area contributed by atoms with Gasteiger partial charge in [-0.15, -0.1) is 11.8 Å². The zero-order valence-electron chi connectivity index (χ0n) is 10.8. The van der Waals surface area contributed by atoms with Gasteiger partial charge in [0, 0.05) is 16.5 Å². The van der Waals surface area contributed by atoms with E-state index in [4.69, 9.17) is 11.6 Å². The van der Waals surface area contributed by atoms with Crippen molar-refractivity contribution in [2.45, 2.75) is 16.3 Å². The van der Waals surface area contributed by atoms with Crippen LogP contribution >= 0.6 is 23.4 Å². The van der Waals surface area contributed by atoms with E-state index in [1.54, 1.807) is 12.1 Å². The Morgan fingerprint density at radius 3 is 2.50 bits per heavy atom. The number of thioether (sulfide) groups is 1. The minimum absolute atomic E-state index is 0.216. The van der Waals surface area contributed by atoms with Crippen LogP contribution in [0.2, 0.25) is 5.02 Å². The summed E-state index contributed by atoms with van der Waals surface area (Å²) in [6.07, 6.45) is 1.83. The van der Waals surface area contributed by atoms with Gasteiger partial charge in [-0.25, -0.2) is 13.1 Å². The number of benzene rings is 2.